The van der Waals surface area contributed by atoms with Crippen molar-refractivity contribution >= 4 is 33.7 Å². The summed E-state index contributed by atoms with van der Waals surface area (Å²) >= 11 is 5.04. The van der Waals surface area contributed by atoms with E-state index in [1.165, 1.54) is 0 Å². The van der Waals surface area contributed by atoms with E-state index >= 15 is 0 Å². The molecule has 0 aliphatic rings. The van der Waals surface area contributed by atoms with Gasteiger partial charge in [0, 0.05) is 40.1 Å². The lowest BCUT2D eigenvalue weighted by atomic mass is 10.1. The summed E-state index contributed by atoms with van der Waals surface area (Å²) < 4.78 is 11.1. The van der Waals surface area contributed by atoms with E-state index in [-0.39, 0.29) is 6.04 Å². The number of anilines is 1. The molecule has 5 heteroatoms. The number of thiocarbonyl (C=S) groups is 1. The molecular weight excluding hydrogens is 264 g/mol. The van der Waals surface area contributed by atoms with Crippen molar-refractivity contribution in [3.8, 4) is 0 Å². The minimum atomic E-state index is -0.753. The first kappa shape index (κ1) is 15.1. The lowest BCUT2D eigenvalue weighted by molar-refractivity contribution is 0.678. The lowest BCUT2D eigenvalue weighted by Gasteiger charge is -2.18. The molecule has 0 saturated carbocycles. The van der Waals surface area contributed by atoms with Gasteiger partial charge in [0.2, 0.25) is 0 Å². The van der Waals surface area contributed by atoms with Gasteiger partial charge in [-0.2, -0.15) is 0 Å². The van der Waals surface area contributed by atoms with E-state index in [0.29, 0.717) is 10.7 Å². The average molecular weight is 284 g/mol. The number of nitrogens with two attached hydrogens (primary N) is 1. The van der Waals surface area contributed by atoms with Crippen LogP contribution in [0.15, 0.2) is 18.2 Å². The monoisotopic (exact) mass is 284 g/mol. The van der Waals surface area contributed by atoms with E-state index in [2.05, 4.69) is 12.2 Å². The third-order valence-electron chi connectivity index (χ3n) is 2.68. The minimum absolute atomic E-state index is 0.240. The second kappa shape index (κ2) is 6.85. The van der Waals surface area contributed by atoms with E-state index in [4.69, 9.17) is 18.0 Å². The van der Waals surface area contributed by atoms with Crippen LogP contribution in [0.1, 0.15) is 24.5 Å². The van der Waals surface area contributed by atoms with Gasteiger partial charge < -0.3 is 11.1 Å². The molecule has 0 spiro atoms. The fourth-order valence-corrected chi connectivity index (χ4v) is 2.54. The van der Waals surface area contributed by atoms with Gasteiger partial charge in [0.05, 0.1) is 0 Å². The molecule has 3 N–H and O–H groups in total. The summed E-state index contributed by atoms with van der Waals surface area (Å²) in [6.07, 6.45) is 2.58. The molecule has 0 aliphatic heterocycles. The SMILES string of the molecule is Cc1ccc(C(N)=S)c(NC(C)CCS(C)=O)c1. The predicted octanol–water partition coefficient (Wildman–Crippen LogP) is 2.20. The summed E-state index contributed by atoms with van der Waals surface area (Å²) in [6.45, 7) is 4.10. The lowest BCUT2D eigenvalue weighted by Crippen LogP contribution is -2.21. The molecule has 18 heavy (non-hydrogen) atoms. The second-order valence-corrected chi connectivity index (χ2v) is 6.52. The number of rotatable bonds is 6. The molecule has 0 aromatic heterocycles. The van der Waals surface area contributed by atoms with Crippen molar-refractivity contribution in [1.29, 1.82) is 0 Å². The Balaban J connectivity index is 2.79. The van der Waals surface area contributed by atoms with Gasteiger partial charge in [-0.05, 0) is 38.0 Å². The topological polar surface area (TPSA) is 55.1 Å². The van der Waals surface area contributed by atoms with Crippen LogP contribution in [-0.4, -0.2) is 27.2 Å². The fraction of sp³-hybridized carbons (Fsp3) is 0.462. The van der Waals surface area contributed by atoms with Gasteiger partial charge in [0.15, 0.2) is 0 Å². The zero-order chi connectivity index (χ0) is 13.7. The highest BCUT2D eigenvalue weighted by atomic mass is 32.2. The number of aryl methyl sites for hydroxylation is 1. The summed E-state index contributed by atoms with van der Waals surface area (Å²) in [4.78, 5) is 0.392. The summed E-state index contributed by atoms with van der Waals surface area (Å²) in [5.41, 5.74) is 8.68. The number of hydrogen-bond donors (Lipinski definition) is 2. The first-order chi connectivity index (χ1) is 8.40. The van der Waals surface area contributed by atoms with Crippen LogP contribution in [0.2, 0.25) is 0 Å². The van der Waals surface area contributed by atoms with Crippen molar-refractivity contribution in [3.05, 3.63) is 29.3 Å². The van der Waals surface area contributed by atoms with Crippen molar-refractivity contribution in [2.24, 2.45) is 5.73 Å². The highest BCUT2D eigenvalue weighted by Gasteiger charge is 2.09. The van der Waals surface area contributed by atoms with Crippen molar-refractivity contribution < 1.29 is 4.21 Å². The van der Waals surface area contributed by atoms with Crippen LogP contribution in [-0.2, 0) is 10.8 Å². The number of benzene rings is 1. The van der Waals surface area contributed by atoms with Gasteiger partial charge in [0.1, 0.15) is 4.99 Å². The van der Waals surface area contributed by atoms with Crippen LogP contribution < -0.4 is 11.1 Å². The normalized spacial score (nSPS) is 13.9. The van der Waals surface area contributed by atoms with Gasteiger partial charge in [0.25, 0.3) is 0 Å². The molecule has 0 fully saturated rings. The van der Waals surface area contributed by atoms with Crippen molar-refractivity contribution in [3.63, 3.8) is 0 Å². The first-order valence-corrected chi connectivity index (χ1v) is 8.00. The van der Waals surface area contributed by atoms with Gasteiger partial charge in [-0.25, -0.2) is 0 Å². The van der Waals surface area contributed by atoms with Crippen molar-refractivity contribution in [2.45, 2.75) is 26.3 Å². The Kier molecular flexibility index (Phi) is 5.75. The molecule has 1 rings (SSSR count). The van der Waals surface area contributed by atoms with Crippen molar-refractivity contribution in [1.82, 2.24) is 0 Å². The molecular formula is C13H20N2OS2. The van der Waals surface area contributed by atoms with Gasteiger partial charge in [-0.1, -0.05) is 18.3 Å². The zero-order valence-corrected chi connectivity index (χ0v) is 12.7. The maximum absolute atomic E-state index is 11.1. The van der Waals surface area contributed by atoms with E-state index in [9.17, 15) is 4.21 Å². The van der Waals surface area contributed by atoms with E-state index in [0.717, 1.165) is 23.2 Å². The van der Waals surface area contributed by atoms with Gasteiger partial charge >= 0.3 is 0 Å². The summed E-state index contributed by atoms with van der Waals surface area (Å²) in [7, 11) is -0.753. The van der Waals surface area contributed by atoms with Crippen LogP contribution in [0.5, 0.6) is 0 Å². The fourth-order valence-electron chi connectivity index (χ4n) is 1.67. The molecule has 0 bridgehead atoms. The number of nitrogens with one attached hydrogen (secondary N) is 1. The Morgan fingerprint density at radius 1 is 1.56 bits per heavy atom. The molecule has 2 unspecified atom stereocenters. The second-order valence-electron chi connectivity index (χ2n) is 4.52. The smallest absolute Gasteiger partial charge is 0.106 e. The molecule has 1 aromatic carbocycles. The quantitative estimate of drug-likeness (QED) is 0.786. The van der Waals surface area contributed by atoms with Crippen LogP contribution in [0.25, 0.3) is 0 Å². The van der Waals surface area contributed by atoms with E-state index in [1.807, 2.05) is 25.1 Å². The summed E-state index contributed by atoms with van der Waals surface area (Å²) in [5, 5.41) is 3.39. The summed E-state index contributed by atoms with van der Waals surface area (Å²) in [6, 6.07) is 6.20. The van der Waals surface area contributed by atoms with Crippen LogP contribution >= 0.6 is 12.2 Å². The molecule has 2 atom stereocenters. The molecule has 0 saturated heterocycles. The Hall–Kier alpha value is -0.940. The predicted molar refractivity (Wildman–Crippen MR) is 83.7 cm³/mol. The third-order valence-corrected chi connectivity index (χ3v) is 3.71. The van der Waals surface area contributed by atoms with Crippen molar-refractivity contribution in [2.75, 3.05) is 17.3 Å². The largest absolute Gasteiger partial charge is 0.389 e. The molecule has 0 heterocycles. The highest BCUT2D eigenvalue weighted by Crippen LogP contribution is 2.19. The number of hydrogen-bond acceptors (Lipinski definition) is 3. The van der Waals surface area contributed by atoms with E-state index < -0.39 is 10.8 Å². The highest BCUT2D eigenvalue weighted by molar-refractivity contribution is 7.84. The maximum Gasteiger partial charge on any atom is 0.106 e. The van der Waals surface area contributed by atoms with Gasteiger partial charge in [-0.15, -0.1) is 0 Å². The third kappa shape index (κ3) is 4.74. The summed E-state index contributed by atoms with van der Waals surface area (Å²) in [5.74, 6) is 0.697. The first-order valence-electron chi connectivity index (χ1n) is 5.87. The Morgan fingerprint density at radius 2 is 2.22 bits per heavy atom. The minimum Gasteiger partial charge on any atom is -0.389 e. The molecule has 100 valence electrons. The van der Waals surface area contributed by atoms with E-state index in [1.54, 1.807) is 6.26 Å². The molecule has 0 aliphatic carbocycles. The van der Waals surface area contributed by atoms with Gasteiger partial charge in [-0.3, -0.25) is 4.21 Å². The van der Waals surface area contributed by atoms with Crippen LogP contribution in [0, 0.1) is 6.92 Å². The standard InChI is InChI=1S/C13H20N2OS2/c1-9-4-5-11(13(14)17)12(8-9)15-10(2)6-7-18(3)16/h4-5,8,10,15H,6-7H2,1-3H3,(H2,14,17). The molecule has 0 radical (unpaired) electrons. The van der Waals surface area contributed by atoms with Crippen LogP contribution in [0.3, 0.4) is 0 Å². The molecule has 0 amide bonds. The molecule has 1 aromatic rings. The Morgan fingerprint density at radius 3 is 2.78 bits per heavy atom. The Bertz CT molecular complexity index is 460. The zero-order valence-electron chi connectivity index (χ0n) is 11.0. The Labute approximate surface area is 117 Å². The maximum atomic E-state index is 11.1. The van der Waals surface area contributed by atoms with Crippen LogP contribution in [0.4, 0.5) is 5.69 Å². The molecule has 3 nitrogen and oxygen atoms in total. The average Bonchev–Trinajstić information content (AvgIpc) is 2.26.